The quantitative estimate of drug-likeness (QED) is 0.680. The molecular formula is C8H18O3S. The molecule has 0 radical (unpaired) electrons. The molecule has 0 aromatic rings. The Bertz CT molecular complexity index is 206. The lowest BCUT2D eigenvalue weighted by atomic mass is 9.94. The van der Waals surface area contributed by atoms with Crippen LogP contribution in [0, 0.1) is 11.8 Å². The van der Waals surface area contributed by atoms with Gasteiger partial charge in [0.15, 0.2) is 0 Å². The minimum Gasteiger partial charge on any atom is -0.286 e. The van der Waals surface area contributed by atoms with E-state index in [9.17, 15) is 8.42 Å². The SMILES string of the molecule is CC(C)C(C)CCCS(=O)(=O)O. The first kappa shape index (κ1) is 11.9. The van der Waals surface area contributed by atoms with E-state index < -0.39 is 10.1 Å². The van der Waals surface area contributed by atoms with Crippen LogP contribution in [0.5, 0.6) is 0 Å². The predicted octanol–water partition coefficient (Wildman–Crippen LogP) is 1.95. The molecule has 0 aliphatic heterocycles. The highest BCUT2D eigenvalue weighted by atomic mass is 32.2. The highest BCUT2D eigenvalue weighted by Gasteiger charge is 2.09. The van der Waals surface area contributed by atoms with Crippen molar-refractivity contribution in [1.29, 1.82) is 0 Å². The molecule has 0 rings (SSSR count). The molecule has 0 spiro atoms. The topological polar surface area (TPSA) is 54.4 Å². The first-order valence-corrected chi connectivity index (χ1v) is 5.89. The van der Waals surface area contributed by atoms with E-state index in [4.69, 9.17) is 4.55 Å². The van der Waals surface area contributed by atoms with Gasteiger partial charge in [-0.3, -0.25) is 4.55 Å². The fourth-order valence-electron chi connectivity index (χ4n) is 0.921. The van der Waals surface area contributed by atoms with Crippen molar-refractivity contribution in [3.8, 4) is 0 Å². The van der Waals surface area contributed by atoms with Crippen LogP contribution < -0.4 is 0 Å². The van der Waals surface area contributed by atoms with E-state index in [-0.39, 0.29) is 5.75 Å². The lowest BCUT2D eigenvalue weighted by Gasteiger charge is -2.13. The Morgan fingerprint density at radius 3 is 2.08 bits per heavy atom. The van der Waals surface area contributed by atoms with Gasteiger partial charge in [-0.15, -0.1) is 0 Å². The van der Waals surface area contributed by atoms with Gasteiger partial charge < -0.3 is 0 Å². The normalized spacial score (nSPS) is 15.1. The summed E-state index contributed by atoms with van der Waals surface area (Å²) in [5, 5.41) is 0. The molecule has 1 unspecified atom stereocenters. The monoisotopic (exact) mass is 194 g/mol. The van der Waals surface area contributed by atoms with E-state index in [1.54, 1.807) is 0 Å². The first-order chi connectivity index (χ1) is 5.33. The summed E-state index contributed by atoms with van der Waals surface area (Å²) in [6.45, 7) is 6.31. The van der Waals surface area contributed by atoms with Gasteiger partial charge in [0.25, 0.3) is 10.1 Å². The van der Waals surface area contributed by atoms with Crippen molar-refractivity contribution in [1.82, 2.24) is 0 Å². The van der Waals surface area contributed by atoms with Crippen molar-refractivity contribution in [3.63, 3.8) is 0 Å². The minimum atomic E-state index is -3.75. The second-order valence-corrected chi connectivity index (χ2v) is 5.22. The van der Waals surface area contributed by atoms with E-state index >= 15 is 0 Å². The van der Waals surface area contributed by atoms with Crippen molar-refractivity contribution in [2.75, 3.05) is 5.75 Å². The molecule has 0 heterocycles. The molecule has 4 heteroatoms. The fourth-order valence-corrected chi connectivity index (χ4v) is 1.45. The van der Waals surface area contributed by atoms with Crippen LogP contribution >= 0.6 is 0 Å². The van der Waals surface area contributed by atoms with Crippen molar-refractivity contribution in [2.24, 2.45) is 11.8 Å². The van der Waals surface area contributed by atoms with Gasteiger partial charge in [0.1, 0.15) is 0 Å². The first-order valence-electron chi connectivity index (χ1n) is 4.28. The molecule has 0 aromatic heterocycles. The van der Waals surface area contributed by atoms with Crippen molar-refractivity contribution in [3.05, 3.63) is 0 Å². The van der Waals surface area contributed by atoms with Crippen LogP contribution in [0.2, 0.25) is 0 Å². The van der Waals surface area contributed by atoms with Gasteiger partial charge in [-0.05, 0) is 24.7 Å². The molecular weight excluding hydrogens is 176 g/mol. The summed E-state index contributed by atoms with van der Waals surface area (Å²) in [6.07, 6.45) is 1.41. The second kappa shape index (κ2) is 4.82. The highest BCUT2D eigenvalue weighted by Crippen LogP contribution is 2.15. The zero-order chi connectivity index (χ0) is 9.78. The van der Waals surface area contributed by atoms with E-state index in [0.717, 1.165) is 6.42 Å². The molecule has 3 nitrogen and oxygen atoms in total. The molecule has 0 aliphatic rings. The molecule has 1 atom stereocenters. The molecule has 12 heavy (non-hydrogen) atoms. The average molecular weight is 194 g/mol. The van der Waals surface area contributed by atoms with Crippen molar-refractivity contribution < 1.29 is 13.0 Å². The molecule has 1 N–H and O–H groups in total. The van der Waals surface area contributed by atoms with Gasteiger partial charge in [0.05, 0.1) is 5.75 Å². The van der Waals surface area contributed by atoms with Crippen LogP contribution in [0.15, 0.2) is 0 Å². The van der Waals surface area contributed by atoms with Crippen LogP contribution in [0.4, 0.5) is 0 Å². The molecule has 0 aromatic carbocycles. The highest BCUT2D eigenvalue weighted by molar-refractivity contribution is 7.85. The third-order valence-corrected chi connectivity index (χ3v) is 3.00. The van der Waals surface area contributed by atoms with E-state index in [1.165, 1.54) is 0 Å². The van der Waals surface area contributed by atoms with Gasteiger partial charge in [-0.1, -0.05) is 20.8 Å². The Hall–Kier alpha value is -0.0900. The lowest BCUT2D eigenvalue weighted by molar-refractivity contribution is 0.386. The molecule has 0 amide bonds. The summed E-state index contributed by atoms with van der Waals surface area (Å²) in [4.78, 5) is 0. The van der Waals surface area contributed by atoms with Gasteiger partial charge in [0.2, 0.25) is 0 Å². The van der Waals surface area contributed by atoms with Crippen LogP contribution in [0.3, 0.4) is 0 Å². The molecule has 0 aliphatic carbocycles. The van der Waals surface area contributed by atoms with Gasteiger partial charge >= 0.3 is 0 Å². The largest absolute Gasteiger partial charge is 0.286 e. The summed E-state index contributed by atoms with van der Waals surface area (Å²) in [7, 11) is -3.75. The summed E-state index contributed by atoms with van der Waals surface area (Å²) < 4.78 is 29.1. The van der Waals surface area contributed by atoms with E-state index in [2.05, 4.69) is 20.8 Å². The second-order valence-electron chi connectivity index (χ2n) is 3.65. The summed E-state index contributed by atoms with van der Waals surface area (Å²) in [6, 6.07) is 0. The fraction of sp³-hybridized carbons (Fsp3) is 1.00. The Morgan fingerprint density at radius 1 is 1.25 bits per heavy atom. The Labute approximate surface area is 74.9 Å². The molecule has 0 saturated carbocycles. The number of hydrogen-bond donors (Lipinski definition) is 1. The maximum atomic E-state index is 10.3. The Kier molecular flexibility index (Phi) is 4.78. The van der Waals surface area contributed by atoms with Crippen molar-refractivity contribution in [2.45, 2.75) is 33.6 Å². The minimum absolute atomic E-state index is 0.107. The summed E-state index contributed by atoms with van der Waals surface area (Å²) in [5.74, 6) is 0.988. The van der Waals surface area contributed by atoms with Crippen LogP contribution in [-0.4, -0.2) is 18.7 Å². The van der Waals surface area contributed by atoms with Crippen LogP contribution in [0.25, 0.3) is 0 Å². The number of hydrogen-bond acceptors (Lipinski definition) is 2. The zero-order valence-corrected chi connectivity index (χ0v) is 8.76. The molecule has 74 valence electrons. The third-order valence-electron chi connectivity index (χ3n) is 2.20. The van der Waals surface area contributed by atoms with E-state index in [1.807, 2.05) is 0 Å². The molecule has 0 bridgehead atoms. The third kappa shape index (κ3) is 6.61. The maximum absolute atomic E-state index is 10.3. The standard InChI is InChI=1S/C8H18O3S/c1-7(2)8(3)5-4-6-12(9,10)11/h7-8H,4-6H2,1-3H3,(H,9,10,11). The van der Waals surface area contributed by atoms with Crippen LogP contribution in [0.1, 0.15) is 33.6 Å². The zero-order valence-electron chi connectivity index (χ0n) is 7.95. The number of rotatable bonds is 5. The van der Waals surface area contributed by atoms with E-state index in [0.29, 0.717) is 18.3 Å². The maximum Gasteiger partial charge on any atom is 0.264 e. The summed E-state index contributed by atoms with van der Waals surface area (Å²) in [5.41, 5.74) is 0. The van der Waals surface area contributed by atoms with Gasteiger partial charge in [-0.2, -0.15) is 8.42 Å². The average Bonchev–Trinajstić information content (AvgIpc) is 1.84. The van der Waals surface area contributed by atoms with Gasteiger partial charge in [0, 0.05) is 0 Å². The smallest absolute Gasteiger partial charge is 0.264 e. The lowest BCUT2D eigenvalue weighted by Crippen LogP contribution is -2.08. The molecule has 0 saturated heterocycles. The Morgan fingerprint density at radius 2 is 1.75 bits per heavy atom. The van der Waals surface area contributed by atoms with Crippen LogP contribution in [-0.2, 0) is 10.1 Å². The Balaban J connectivity index is 3.58. The predicted molar refractivity (Wildman–Crippen MR) is 49.7 cm³/mol. The van der Waals surface area contributed by atoms with Crippen molar-refractivity contribution >= 4 is 10.1 Å². The van der Waals surface area contributed by atoms with Gasteiger partial charge in [-0.25, -0.2) is 0 Å². The summed E-state index contributed by atoms with van der Waals surface area (Å²) >= 11 is 0. The molecule has 0 fully saturated rings.